The number of hydrogen-bond donors (Lipinski definition) is 1. The van der Waals surface area contributed by atoms with E-state index in [-0.39, 0.29) is 18.7 Å². The Balaban J connectivity index is 2.06. The van der Waals surface area contributed by atoms with Crippen LogP contribution in [-0.2, 0) is 18.6 Å². The summed E-state index contributed by atoms with van der Waals surface area (Å²) in [5.41, 5.74) is 0.816. The second kappa shape index (κ2) is 13.1. The van der Waals surface area contributed by atoms with Gasteiger partial charge in [-0.2, -0.15) is 0 Å². The summed E-state index contributed by atoms with van der Waals surface area (Å²) in [7, 11) is 4.65. The molecule has 0 spiro atoms. The summed E-state index contributed by atoms with van der Waals surface area (Å²) in [6.07, 6.45) is 1.13. The summed E-state index contributed by atoms with van der Waals surface area (Å²) in [5, 5.41) is 2.80. The fourth-order valence-electron chi connectivity index (χ4n) is 4.41. The molecule has 2 atom stereocenters. The number of urea groups is 1. The predicted molar refractivity (Wildman–Crippen MR) is 149 cm³/mol. The summed E-state index contributed by atoms with van der Waals surface area (Å²) >= 11 is 0. The first kappa shape index (κ1) is 29.5. The van der Waals surface area contributed by atoms with E-state index < -0.39 is 23.6 Å². The van der Waals surface area contributed by atoms with Crippen LogP contribution in [0.1, 0.15) is 36.1 Å². The maximum absolute atomic E-state index is 15.6. The molecule has 0 aromatic heterocycles. The van der Waals surface area contributed by atoms with Crippen LogP contribution >= 0.6 is 0 Å². The molecule has 1 N–H and O–H groups in total. The Morgan fingerprint density at radius 3 is 2.18 bits per heavy atom. The molecule has 2 amide bonds. The minimum absolute atomic E-state index is 0.0406. The lowest BCUT2D eigenvalue weighted by atomic mass is 9.86. The molecule has 8 heteroatoms. The van der Waals surface area contributed by atoms with Gasteiger partial charge in [0.25, 0.3) is 0 Å². The van der Waals surface area contributed by atoms with Crippen molar-refractivity contribution in [3.8, 4) is 17.2 Å². The van der Waals surface area contributed by atoms with Crippen molar-refractivity contribution < 1.29 is 27.8 Å². The molecule has 0 saturated carbocycles. The molecule has 3 rings (SSSR count). The number of nitrogens with one attached hydrogen (secondary N) is 1. The van der Waals surface area contributed by atoms with E-state index in [2.05, 4.69) is 5.32 Å². The van der Waals surface area contributed by atoms with Crippen LogP contribution < -0.4 is 19.5 Å². The molecular formula is C31H36F2N2O4. The van der Waals surface area contributed by atoms with Gasteiger partial charge in [-0.05, 0) is 50.6 Å². The second-order valence-electron chi connectivity index (χ2n) is 9.39. The predicted octanol–water partition coefficient (Wildman–Crippen LogP) is 6.70. The molecular weight excluding hydrogens is 502 g/mol. The number of hydrogen-bond acceptors (Lipinski definition) is 4. The van der Waals surface area contributed by atoms with Gasteiger partial charge in [-0.1, -0.05) is 42.5 Å². The Hall–Kier alpha value is -4.07. The van der Waals surface area contributed by atoms with Crippen LogP contribution in [0, 0.1) is 12.7 Å². The molecule has 0 radical (unpaired) electrons. The zero-order valence-corrected chi connectivity index (χ0v) is 23.3. The largest absolute Gasteiger partial charge is 0.497 e. The lowest BCUT2D eigenvalue weighted by Gasteiger charge is -2.36. The normalized spacial score (nSPS) is 13.4. The van der Waals surface area contributed by atoms with Crippen molar-refractivity contribution in [2.75, 3.05) is 21.3 Å². The number of benzene rings is 3. The lowest BCUT2D eigenvalue weighted by Crippen LogP contribution is -2.54. The van der Waals surface area contributed by atoms with Gasteiger partial charge in [-0.3, -0.25) is 0 Å². The zero-order chi connectivity index (χ0) is 28.6. The Morgan fingerprint density at radius 1 is 0.974 bits per heavy atom. The number of aryl methyl sites for hydroxylation is 1. The lowest BCUT2D eigenvalue weighted by molar-refractivity contribution is 0.153. The molecule has 0 aliphatic heterocycles. The molecule has 0 aliphatic carbocycles. The topological polar surface area (TPSA) is 60.0 Å². The van der Waals surface area contributed by atoms with Crippen molar-refractivity contribution >= 4 is 6.03 Å². The van der Waals surface area contributed by atoms with Crippen LogP contribution in [0.15, 0.2) is 72.8 Å². The third kappa shape index (κ3) is 6.88. The number of alkyl halides is 1. The molecule has 3 aromatic rings. The molecule has 0 unspecified atom stereocenters. The van der Waals surface area contributed by atoms with Crippen LogP contribution in [-0.4, -0.2) is 38.4 Å². The maximum atomic E-state index is 15.6. The fraction of sp³-hybridized carbons (Fsp3) is 0.323. The van der Waals surface area contributed by atoms with Crippen LogP contribution in [0.25, 0.3) is 0 Å². The average Bonchev–Trinajstić information content (AvgIpc) is 2.93. The van der Waals surface area contributed by atoms with E-state index in [1.54, 1.807) is 45.4 Å². The van der Waals surface area contributed by atoms with Crippen LogP contribution in [0.5, 0.6) is 17.2 Å². The van der Waals surface area contributed by atoms with Gasteiger partial charge >= 0.3 is 6.03 Å². The highest BCUT2D eigenvalue weighted by Gasteiger charge is 2.40. The molecule has 0 fully saturated rings. The van der Waals surface area contributed by atoms with E-state index in [0.717, 1.165) is 11.1 Å². The number of allylic oxidation sites excluding steroid dienone is 1. The monoisotopic (exact) mass is 538 g/mol. The minimum atomic E-state index is -1.70. The van der Waals surface area contributed by atoms with E-state index in [4.69, 9.17) is 14.2 Å². The summed E-state index contributed by atoms with van der Waals surface area (Å²) in [6.45, 7) is 5.35. The van der Waals surface area contributed by atoms with Crippen molar-refractivity contribution in [3.05, 3.63) is 101 Å². The van der Waals surface area contributed by atoms with Gasteiger partial charge in [0.05, 0.1) is 34.4 Å². The molecule has 208 valence electrons. The van der Waals surface area contributed by atoms with Crippen molar-refractivity contribution in [3.63, 3.8) is 0 Å². The minimum Gasteiger partial charge on any atom is -0.497 e. The first-order valence-electron chi connectivity index (χ1n) is 12.6. The number of ether oxygens (including phenoxy) is 3. The van der Waals surface area contributed by atoms with Gasteiger partial charge in [0.15, 0.2) is 0 Å². The smallest absolute Gasteiger partial charge is 0.318 e. The van der Waals surface area contributed by atoms with E-state index >= 15 is 4.39 Å². The molecule has 6 nitrogen and oxygen atoms in total. The first-order valence-corrected chi connectivity index (χ1v) is 12.6. The van der Waals surface area contributed by atoms with E-state index in [1.807, 2.05) is 25.1 Å². The van der Waals surface area contributed by atoms with Gasteiger partial charge in [-0.15, -0.1) is 0 Å². The quantitative estimate of drug-likeness (QED) is 0.276. The molecule has 0 bridgehead atoms. The van der Waals surface area contributed by atoms with E-state index in [0.29, 0.717) is 22.8 Å². The number of amides is 2. The SMILES string of the molecule is C/C=C\[C@H](F)[C@](C)(NC(=O)N(Cc1ccc(C)cc1OC)Cc1ccc(OC)cc1OC)c1ccccc1F. The number of carbonyl (C=O) groups is 1. The van der Waals surface area contributed by atoms with Crippen molar-refractivity contribution in [2.24, 2.45) is 0 Å². The van der Waals surface area contributed by atoms with Crippen molar-refractivity contribution in [2.45, 2.75) is 45.6 Å². The molecule has 0 heterocycles. The second-order valence-corrected chi connectivity index (χ2v) is 9.39. The molecule has 39 heavy (non-hydrogen) atoms. The number of carbonyl (C=O) groups excluding carboxylic acids is 1. The highest BCUT2D eigenvalue weighted by Crippen LogP contribution is 2.32. The Morgan fingerprint density at radius 2 is 1.59 bits per heavy atom. The van der Waals surface area contributed by atoms with Gasteiger partial charge in [0, 0.05) is 22.8 Å². The highest BCUT2D eigenvalue weighted by atomic mass is 19.1. The van der Waals surface area contributed by atoms with Crippen LogP contribution in [0.2, 0.25) is 0 Å². The third-order valence-electron chi connectivity index (χ3n) is 6.66. The standard InChI is InChI=1S/C31H36F2N2O4/c1-7-10-29(33)31(3,25-11-8-9-12-26(25)32)34-30(36)35(19-22-14-13-21(2)17-27(22)38-5)20-23-15-16-24(37-4)18-28(23)39-6/h7-18,29H,19-20H2,1-6H3,(H,34,36)/b10-7-/t29-,31+/m0/s1. The Labute approximate surface area is 229 Å². The van der Waals surface area contributed by atoms with Gasteiger partial charge in [0.1, 0.15) is 34.8 Å². The van der Waals surface area contributed by atoms with E-state index in [9.17, 15) is 9.18 Å². The molecule has 3 aromatic carbocycles. The van der Waals surface area contributed by atoms with Crippen molar-refractivity contribution in [1.82, 2.24) is 10.2 Å². The summed E-state index contributed by atoms with van der Waals surface area (Å²) in [5.74, 6) is 1.13. The number of methoxy groups -OCH3 is 3. The number of nitrogens with zero attached hydrogens (tertiary/aromatic N) is 1. The highest BCUT2D eigenvalue weighted by molar-refractivity contribution is 5.76. The fourth-order valence-corrected chi connectivity index (χ4v) is 4.41. The number of rotatable bonds is 11. The Kier molecular flexibility index (Phi) is 9.93. The zero-order valence-electron chi connectivity index (χ0n) is 23.3. The van der Waals surface area contributed by atoms with Gasteiger partial charge in [0.2, 0.25) is 0 Å². The van der Waals surface area contributed by atoms with Gasteiger partial charge in [-0.25, -0.2) is 13.6 Å². The summed E-state index contributed by atoms with van der Waals surface area (Å²) in [6, 6.07) is 16.3. The van der Waals surface area contributed by atoms with Crippen LogP contribution in [0.4, 0.5) is 13.6 Å². The summed E-state index contributed by atoms with van der Waals surface area (Å²) in [4.78, 5) is 15.5. The molecule has 0 aliphatic rings. The third-order valence-corrected chi connectivity index (χ3v) is 6.66. The maximum Gasteiger partial charge on any atom is 0.318 e. The Bertz CT molecular complexity index is 1310. The first-order chi connectivity index (χ1) is 18.7. The van der Waals surface area contributed by atoms with Crippen molar-refractivity contribution in [1.29, 1.82) is 0 Å². The summed E-state index contributed by atoms with van der Waals surface area (Å²) < 4.78 is 47.0. The molecule has 0 saturated heterocycles. The number of halogens is 2. The average molecular weight is 539 g/mol. The van der Waals surface area contributed by atoms with Crippen LogP contribution in [0.3, 0.4) is 0 Å². The van der Waals surface area contributed by atoms with Gasteiger partial charge < -0.3 is 24.4 Å². The van der Waals surface area contributed by atoms with E-state index in [1.165, 1.54) is 49.3 Å².